The maximum absolute atomic E-state index is 12.8. The molecule has 0 radical (unpaired) electrons. The summed E-state index contributed by atoms with van der Waals surface area (Å²) in [5.41, 5.74) is 2.14. The van der Waals surface area contributed by atoms with Gasteiger partial charge in [-0.25, -0.2) is 13.1 Å². The zero-order chi connectivity index (χ0) is 17.2. The van der Waals surface area contributed by atoms with E-state index >= 15 is 0 Å². The van der Waals surface area contributed by atoms with Gasteiger partial charge in [-0.15, -0.1) is 0 Å². The SMILES string of the molecule is CCC(NS(=O)(=O)c1ccc2ccccc2c1)c1ccc(C)cc1. The highest BCUT2D eigenvalue weighted by atomic mass is 32.2. The third-order valence-electron chi connectivity index (χ3n) is 4.22. The van der Waals surface area contributed by atoms with Crippen LogP contribution in [0.5, 0.6) is 0 Å². The van der Waals surface area contributed by atoms with Crippen molar-refractivity contribution < 1.29 is 8.42 Å². The van der Waals surface area contributed by atoms with Crippen LogP contribution < -0.4 is 4.72 Å². The quantitative estimate of drug-likeness (QED) is 0.739. The lowest BCUT2D eigenvalue weighted by molar-refractivity contribution is 0.550. The summed E-state index contributed by atoms with van der Waals surface area (Å²) in [6, 6.07) is 20.7. The van der Waals surface area contributed by atoms with Crippen molar-refractivity contribution in [3.63, 3.8) is 0 Å². The molecule has 1 unspecified atom stereocenters. The highest BCUT2D eigenvalue weighted by Crippen LogP contribution is 2.23. The Balaban J connectivity index is 1.91. The average molecular weight is 339 g/mol. The smallest absolute Gasteiger partial charge is 0.207 e. The maximum Gasteiger partial charge on any atom is 0.241 e. The minimum atomic E-state index is -3.57. The number of aryl methyl sites for hydroxylation is 1. The van der Waals surface area contributed by atoms with Gasteiger partial charge in [0.2, 0.25) is 10.0 Å². The lowest BCUT2D eigenvalue weighted by atomic mass is 10.0. The molecule has 3 aromatic carbocycles. The Morgan fingerprint density at radius 3 is 2.25 bits per heavy atom. The number of hydrogen-bond donors (Lipinski definition) is 1. The first-order valence-corrected chi connectivity index (χ1v) is 9.55. The minimum Gasteiger partial charge on any atom is -0.207 e. The summed E-state index contributed by atoms with van der Waals surface area (Å²) in [5.74, 6) is 0. The predicted molar refractivity (Wildman–Crippen MR) is 98.5 cm³/mol. The van der Waals surface area contributed by atoms with Gasteiger partial charge in [0.1, 0.15) is 0 Å². The van der Waals surface area contributed by atoms with Crippen molar-refractivity contribution in [1.82, 2.24) is 4.72 Å². The molecule has 3 rings (SSSR count). The van der Waals surface area contributed by atoms with Crippen molar-refractivity contribution >= 4 is 20.8 Å². The summed E-state index contributed by atoms with van der Waals surface area (Å²) in [5, 5.41) is 1.95. The topological polar surface area (TPSA) is 46.2 Å². The third-order valence-corrected chi connectivity index (χ3v) is 5.69. The molecule has 1 atom stereocenters. The fraction of sp³-hybridized carbons (Fsp3) is 0.200. The molecule has 0 aliphatic rings. The van der Waals surface area contributed by atoms with E-state index in [1.807, 2.05) is 68.4 Å². The van der Waals surface area contributed by atoms with Crippen molar-refractivity contribution in [2.75, 3.05) is 0 Å². The third kappa shape index (κ3) is 3.50. The van der Waals surface area contributed by atoms with Gasteiger partial charge in [-0.1, -0.05) is 67.1 Å². The average Bonchev–Trinajstić information content (AvgIpc) is 2.60. The largest absolute Gasteiger partial charge is 0.241 e. The van der Waals surface area contributed by atoms with Gasteiger partial charge in [0.05, 0.1) is 4.90 Å². The molecule has 0 bridgehead atoms. The number of benzene rings is 3. The van der Waals surface area contributed by atoms with E-state index in [2.05, 4.69) is 4.72 Å². The summed E-state index contributed by atoms with van der Waals surface area (Å²) in [4.78, 5) is 0.298. The van der Waals surface area contributed by atoms with Crippen LogP contribution in [0.25, 0.3) is 10.8 Å². The maximum atomic E-state index is 12.8. The first-order valence-electron chi connectivity index (χ1n) is 8.07. The van der Waals surface area contributed by atoms with E-state index in [0.717, 1.165) is 21.9 Å². The van der Waals surface area contributed by atoms with Crippen LogP contribution in [0.2, 0.25) is 0 Å². The Bertz CT molecular complexity index is 947. The van der Waals surface area contributed by atoms with E-state index in [1.165, 1.54) is 0 Å². The number of rotatable bonds is 5. The minimum absolute atomic E-state index is 0.234. The van der Waals surface area contributed by atoms with Gasteiger partial charge in [0.15, 0.2) is 0 Å². The van der Waals surface area contributed by atoms with E-state index in [-0.39, 0.29) is 6.04 Å². The summed E-state index contributed by atoms with van der Waals surface area (Å²) in [7, 11) is -3.57. The molecule has 124 valence electrons. The molecule has 0 spiro atoms. The highest BCUT2D eigenvalue weighted by Gasteiger charge is 2.20. The van der Waals surface area contributed by atoms with Gasteiger partial charge in [-0.2, -0.15) is 0 Å². The Morgan fingerprint density at radius 2 is 1.58 bits per heavy atom. The second-order valence-electron chi connectivity index (χ2n) is 6.00. The molecule has 0 saturated carbocycles. The monoisotopic (exact) mass is 339 g/mol. The number of fused-ring (bicyclic) bond motifs is 1. The second-order valence-corrected chi connectivity index (χ2v) is 7.72. The van der Waals surface area contributed by atoms with Crippen molar-refractivity contribution in [2.45, 2.75) is 31.2 Å². The van der Waals surface area contributed by atoms with Crippen molar-refractivity contribution in [2.24, 2.45) is 0 Å². The first-order chi connectivity index (χ1) is 11.5. The Labute approximate surface area is 143 Å². The van der Waals surface area contributed by atoms with Gasteiger partial charge >= 0.3 is 0 Å². The first kappa shape index (κ1) is 16.7. The molecule has 0 aliphatic heterocycles. The highest BCUT2D eigenvalue weighted by molar-refractivity contribution is 7.89. The van der Waals surface area contributed by atoms with Crippen LogP contribution in [-0.4, -0.2) is 8.42 Å². The van der Waals surface area contributed by atoms with Gasteiger partial charge < -0.3 is 0 Å². The van der Waals surface area contributed by atoms with Crippen LogP contribution in [0.4, 0.5) is 0 Å². The van der Waals surface area contributed by atoms with Crippen molar-refractivity contribution in [3.05, 3.63) is 77.9 Å². The zero-order valence-corrected chi connectivity index (χ0v) is 14.7. The Kier molecular flexibility index (Phi) is 4.69. The lowest BCUT2D eigenvalue weighted by Gasteiger charge is -2.18. The van der Waals surface area contributed by atoms with Crippen LogP contribution in [0.1, 0.15) is 30.5 Å². The number of nitrogens with one attached hydrogen (secondary N) is 1. The van der Waals surface area contributed by atoms with Crippen LogP contribution in [0, 0.1) is 6.92 Å². The molecule has 0 saturated heterocycles. The molecule has 0 heterocycles. The molecule has 24 heavy (non-hydrogen) atoms. The fourth-order valence-corrected chi connectivity index (χ4v) is 4.12. The van der Waals surface area contributed by atoms with Crippen molar-refractivity contribution in [3.8, 4) is 0 Å². The number of hydrogen-bond acceptors (Lipinski definition) is 2. The van der Waals surface area contributed by atoms with Crippen LogP contribution in [0.15, 0.2) is 71.6 Å². The number of sulfonamides is 1. The van der Waals surface area contributed by atoms with E-state index in [0.29, 0.717) is 11.3 Å². The lowest BCUT2D eigenvalue weighted by Crippen LogP contribution is -2.28. The summed E-state index contributed by atoms with van der Waals surface area (Å²) in [6.07, 6.45) is 0.690. The zero-order valence-electron chi connectivity index (χ0n) is 13.9. The summed E-state index contributed by atoms with van der Waals surface area (Å²) in [6.45, 7) is 4.00. The van der Waals surface area contributed by atoms with Gasteiger partial charge in [-0.3, -0.25) is 0 Å². The standard InChI is InChI=1S/C20H21NO2S/c1-3-20(17-10-8-15(2)9-11-17)21-24(22,23)19-13-12-16-6-4-5-7-18(16)14-19/h4-14,20-21H,3H2,1-2H3. The second kappa shape index (κ2) is 6.75. The predicted octanol–water partition coefficient (Wildman–Crippen LogP) is 4.58. The van der Waals surface area contributed by atoms with Gasteiger partial charge in [0, 0.05) is 6.04 Å². The van der Waals surface area contributed by atoms with Crippen molar-refractivity contribution in [1.29, 1.82) is 0 Å². The van der Waals surface area contributed by atoms with E-state index in [1.54, 1.807) is 12.1 Å². The molecule has 3 nitrogen and oxygen atoms in total. The van der Waals surface area contributed by atoms with E-state index in [9.17, 15) is 8.42 Å². The van der Waals surface area contributed by atoms with Crippen LogP contribution in [0.3, 0.4) is 0 Å². The summed E-state index contributed by atoms with van der Waals surface area (Å²) >= 11 is 0. The van der Waals surface area contributed by atoms with E-state index < -0.39 is 10.0 Å². The van der Waals surface area contributed by atoms with Gasteiger partial charge in [-0.05, 0) is 41.8 Å². The Hall–Kier alpha value is -2.17. The summed E-state index contributed by atoms with van der Waals surface area (Å²) < 4.78 is 28.4. The molecule has 0 amide bonds. The molecule has 3 aromatic rings. The van der Waals surface area contributed by atoms with Crippen LogP contribution >= 0.6 is 0 Å². The van der Waals surface area contributed by atoms with E-state index in [4.69, 9.17) is 0 Å². The molecule has 0 aromatic heterocycles. The van der Waals surface area contributed by atoms with Gasteiger partial charge in [0.25, 0.3) is 0 Å². The van der Waals surface area contributed by atoms with Crippen LogP contribution in [-0.2, 0) is 10.0 Å². The molecule has 1 N–H and O–H groups in total. The molecular weight excluding hydrogens is 318 g/mol. The fourth-order valence-electron chi connectivity index (χ4n) is 2.78. The normalized spacial score (nSPS) is 13.1. The molecule has 0 fully saturated rings. The molecule has 0 aliphatic carbocycles. The Morgan fingerprint density at radius 1 is 0.917 bits per heavy atom. The molecular formula is C20H21NO2S. The molecule has 4 heteroatoms.